The number of likely N-dealkylation sites (N-methyl/N-ethyl adjacent to an activating group) is 1. The van der Waals surface area contributed by atoms with Crippen LogP contribution in [-0.4, -0.2) is 19.1 Å². The third-order valence-electron chi connectivity index (χ3n) is 3.00. The van der Waals surface area contributed by atoms with Crippen molar-refractivity contribution >= 4 is 5.97 Å². The van der Waals surface area contributed by atoms with Gasteiger partial charge in [-0.3, -0.25) is 4.79 Å². The van der Waals surface area contributed by atoms with Crippen LogP contribution in [0.25, 0.3) is 0 Å². The van der Waals surface area contributed by atoms with Gasteiger partial charge in [-0.15, -0.1) is 0 Å². The monoisotopic (exact) mass is 235 g/mol. The van der Waals surface area contributed by atoms with Gasteiger partial charge in [0.25, 0.3) is 0 Å². The van der Waals surface area contributed by atoms with Gasteiger partial charge < -0.3 is 10.1 Å². The van der Waals surface area contributed by atoms with E-state index in [2.05, 4.69) is 12.2 Å². The Hall–Kier alpha value is -1.35. The highest BCUT2D eigenvalue weighted by Gasteiger charge is 2.23. The number of esters is 1. The molecule has 1 aromatic rings. The van der Waals surface area contributed by atoms with E-state index < -0.39 is 0 Å². The lowest BCUT2D eigenvalue weighted by Gasteiger charge is -2.20. The lowest BCUT2D eigenvalue weighted by molar-refractivity contribution is -0.148. The Morgan fingerprint density at radius 1 is 1.35 bits per heavy atom. The Labute approximate surface area is 103 Å². The molecular weight excluding hydrogens is 214 g/mol. The molecular formula is C14H21NO2. The van der Waals surface area contributed by atoms with Crippen molar-refractivity contribution in [3.05, 3.63) is 35.9 Å². The third kappa shape index (κ3) is 4.19. The molecule has 0 fully saturated rings. The highest BCUT2D eigenvalue weighted by molar-refractivity contribution is 5.76. The number of hydrogen-bond acceptors (Lipinski definition) is 3. The Morgan fingerprint density at radius 3 is 2.53 bits per heavy atom. The molecule has 0 aromatic heterocycles. The zero-order valence-electron chi connectivity index (χ0n) is 10.8. The Morgan fingerprint density at radius 2 is 2.00 bits per heavy atom. The molecule has 3 heteroatoms. The molecule has 0 bridgehead atoms. The van der Waals surface area contributed by atoms with Gasteiger partial charge in [0.05, 0.1) is 0 Å². The van der Waals surface area contributed by atoms with E-state index in [-0.39, 0.29) is 17.9 Å². The molecule has 1 N–H and O–H groups in total. The van der Waals surface area contributed by atoms with Gasteiger partial charge in [-0.05, 0) is 18.5 Å². The van der Waals surface area contributed by atoms with Crippen molar-refractivity contribution in [2.75, 3.05) is 7.05 Å². The molecule has 0 saturated carbocycles. The summed E-state index contributed by atoms with van der Waals surface area (Å²) >= 11 is 0. The van der Waals surface area contributed by atoms with Crippen molar-refractivity contribution in [3.63, 3.8) is 0 Å². The first-order valence-electron chi connectivity index (χ1n) is 6.06. The van der Waals surface area contributed by atoms with Crippen molar-refractivity contribution in [1.29, 1.82) is 0 Å². The Bertz CT molecular complexity index is 337. The van der Waals surface area contributed by atoms with E-state index in [0.29, 0.717) is 6.61 Å². The predicted molar refractivity (Wildman–Crippen MR) is 68.5 cm³/mol. The Balaban J connectivity index is 2.48. The number of hydrogen-bond donors (Lipinski definition) is 1. The highest BCUT2D eigenvalue weighted by Crippen LogP contribution is 2.10. The molecule has 0 saturated heterocycles. The molecule has 0 spiro atoms. The second-order valence-corrected chi connectivity index (χ2v) is 4.25. The van der Waals surface area contributed by atoms with E-state index in [1.165, 1.54) is 0 Å². The standard InChI is InChI=1S/C14H21NO2/c1-4-11(2)13(15-3)14(16)17-10-12-8-6-5-7-9-12/h5-9,11,13,15H,4,10H2,1-3H3/t11-,13-/m1/s1. The third-order valence-corrected chi connectivity index (χ3v) is 3.00. The van der Waals surface area contributed by atoms with Crippen LogP contribution in [0.5, 0.6) is 0 Å². The lowest BCUT2D eigenvalue weighted by atomic mass is 10.00. The van der Waals surface area contributed by atoms with Gasteiger partial charge in [-0.2, -0.15) is 0 Å². The topological polar surface area (TPSA) is 38.3 Å². The SMILES string of the molecule is CC[C@@H](C)[C@@H](NC)C(=O)OCc1ccccc1. The summed E-state index contributed by atoms with van der Waals surface area (Å²) in [6, 6.07) is 9.50. The number of ether oxygens (including phenoxy) is 1. The smallest absolute Gasteiger partial charge is 0.323 e. The number of carbonyl (C=O) groups excluding carboxylic acids is 1. The number of rotatable bonds is 6. The fourth-order valence-electron chi connectivity index (χ4n) is 1.69. The van der Waals surface area contributed by atoms with Gasteiger partial charge in [0.15, 0.2) is 0 Å². The molecule has 0 aliphatic carbocycles. The van der Waals surface area contributed by atoms with Crippen molar-refractivity contribution in [1.82, 2.24) is 5.32 Å². The number of benzene rings is 1. The normalized spacial score (nSPS) is 14.1. The molecule has 17 heavy (non-hydrogen) atoms. The number of nitrogens with one attached hydrogen (secondary N) is 1. The molecule has 3 nitrogen and oxygen atoms in total. The van der Waals surface area contributed by atoms with Crippen LogP contribution in [0.2, 0.25) is 0 Å². The van der Waals surface area contributed by atoms with Crippen molar-refractivity contribution < 1.29 is 9.53 Å². The summed E-state index contributed by atoms with van der Waals surface area (Å²) in [5.74, 6) is 0.106. The average Bonchev–Trinajstić information content (AvgIpc) is 2.38. The lowest BCUT2D eigenvalue weighted by Crippen LogP contribution is -2.40. The summed E-state index contributed by atoms with van der Waals surface area (Å²) in [4.78, 5) is 11.9. The molecule has 0 unspecified atom stereocenters. The molecule has 0 aliphatic heterocycles. The minimum atomic E-state index is -0.219. The fourth-order valence-corrected chi connectivity index (χ4v) is 1.69. The maximum Gasteiger partial charge on any atom is 0.323 e. The van der Waals surface area contributed by atoms with Gasteiger partial charge in [-0.25, -0.2) is 0 Å². The Kier molecular flexibility index (Phi) is 5.70. The van der Waals surface area contributed by atoms with E-state index in [1.54, 1.807) is 7.05 Å². The molecule has 0 radical (unpaired) electrons. The van der Waals surface area contributed by atoms with Crippen LogP contribution in [0.15, 0.2) is 30.3 Å². The fraction of sp³-hybridized carbons (Fsp3) is 0.500. The summed E-state index contributed by atoms with van der Waals surface area (Å²) in [7, 11) is 1.79. The molecule has 0 heterocycles. The van der Waals surface area contributed by atoms with Crippen molar-refractivity contribution in [3.8, 4) is 0 Å². The largest absolute Gasteiger partial charge is 0.460 e. The molecule has 0 amide bonds. The number of carbonyl (C=O) groups is 1. The molecule has 2 atom stereocenters. The van der Waals surface area contributed by atoms with Crippen LogP contribution in [0.3, 0.4) is 0 Å². The first-order valence-corrected chi connectivity index (χ1v) is 6.06. The van der Waals surface area contributed by atoms with Crippen molar-refractivity contribution in [2.24, 2.45) is 5.92 Å². The minimum absolute atomic E-state index is 0.175. The second-order valence-electron chi connectivity index (χ2n) is 4.25. The van der Waals surface area contributed by atoms with Crippen LogP contribution in [0.4, 0.5) is 0 Å². The van der Waals surface area contributed by atoms with Crippen LogP contribution in [0.1, 0.15) is 25.8 Å². The van der Waals surface area contributed by atoms with E-state index in [4.69, 9.17) is 4.74 Å². The zero-order valence-corrected chi connectivity index (χ0v) is 10.8. The van der Waals surface area contributed by atoms with Gasteiger partial charge >= 0.3 is 5.97 Å². The quantitative estimate of drug-likeness (QED) is 0.769. The average molecular weight is 235 g/mol. The molecule has 1 aromatic carbocycles. The molecule has 94 valence electrons. The van der Waals surface area contributed by atoms with E-state index >= 15 is 0 Å². The first-order chi connectivity index (χ1) is 8.19. The van der Waals surface area contributed by atoms with Gasteiger partial charge in [0.2, 0.25) is 0 Å². The van der Waals surface area contributed by atoms with Gasteiger partial charge in [-0.1, -0.05) is 50.6 Å². The van der Waals surface area contributed by atoms with E-state index in [0.717, 1.165) is 12.0 Å². The maximum atomic E-state index is 11.9. The highest BCUT2D eigenvalue weighted by atomic mass is 16.5. The van der Waals surface area contributed by atoms with Crippen molar-refractivity contribution in [2.45, 2.75) is 32.9 Å². The predicted octanol–water partition coefficient (Wildman–Crippen LogP) is 2.36. The molecule has 0 aliphatic rings. The van der Waals surface area contributed by atoms with Crippen LogP contribution < -0.4 is 5.32 Å². The summed E-state index contributed by atoms with van der Waals surface area (Å²) in [6.45, 7) is 4.46. The van der Waals surface area contributed by atoms with Crippen LogP contribution in [-0.2, 0) is 16.1 Å². The summed E-state index contributed by atoms with van der Waals surface area (Å²) < 4.78 is 5.30. The second kappa shape index (κ2) is 7.07. The summed E-state index contributed by atoms with van der Waals surface area (Å²) in [6.07, 6.45) is 0.950. The summed E-state index contributed by atoms with van der Waals surface area (Å²) in [5.41, 5.74) is 1.01. The molecule has 1 rings (SSSR count). The van der Waals surface area contributed by atoms with E-state index in [9.17, 15) is 4.79 Å². The minimum Gasteiger partial charge on any atom is -0.460 e. The van der Waals surface area contributed by atoms with E-state index in [1.807, 2.05) is 37.3 Å². The zero-order chi connectivity index (χ0) is 12.7. The van der Waals surface area contributed by atoms with Gasteiger partial charge in [0.1, 0.15) is 12.6 Å². The maximum absolute atomic E-state index is 11.9. The van der Waals surface area contributed by atoms with Crippen LogP contribution >= 0.6 is 0 Å². The first kappa shape index (κ1) is 13.7. The van der Waals surface area contributed by atoms with Crippen LogP contribution in [0, 0.1) is 5.92 Å². The van der Waals surface area contributed by atoms with Gasteiger partial charge in [0, 0.05) is 0 Å². The summed E-state index contributed by atoms with van der Waals surface area (Å²) in [5, 5.41) is 3.01.